The highest BCUT2D eigenvalue weighted by molar-refractivity contribution is 7.99. The van der Waals surface area contributed by atoms with Crippen LogP contribution >= 0.6 is 11.8 Å². The minimum Gasteiger partial charge on any atom is -0.326 e. The van der Waals surface area contributed by atoms with E-state index in [4.69, 9.17) is 5.73 Å². The Morgan fingerprint density at radius 2 is 2.40 bits per heavy atom. The number of nitrogens with zero attached hydrogens (tertiary/aromatic N) is 5. The van der Waals surface area contributed by atoms with Gasteiger partial charge in [-0.3, -0.25) is 0 Å². The second-order valence-electron chi connectivity index (χ2n) is 2.89. The number of hydrogen-bond donors (Lipinski definition) is 1. The zero-order valence-electron chi connectivity index (χ0n) is 8.16. The molecule has 0 fully saturated rings. The Labute approximate surface area is 90.9 Å². The van der Waals surface area contributed by atoms with E-state index in [0.717, 1.165) is 10.6 Å². The SMILES string of the molecule is Cn1nnnc1Sc1cc(CN)ccn1. The van der Waals surface area contributed by atoms with Gasteiger partial charge in [0.1, 0.15) is 5.03 Å². The number of hydrogen-bond acceptors (Lipinski definition) is 6. The zero-order valence-corrected chi connectivity index (χ0v) is 8.98. The van der Waals surface area contributed by atoms with Gasteiger partial charge >= 0.3 is 0 Å². The first-order valence-corrected chi connectivity index (χ1v) is 5.16. The molecule has 0 aliphatic carbocycles. The first kappa shape index (κ1) is 10.1. The fourth-order valence-corrected chi connectivity index (χ4v) is 1.79. The highest BCUT2D eigenvalue weighted by atomic mass is 32.2. The molecule has 15 heavy (non-hydrogen) atoms. The smallest absolute Gasteiger partial charge is 0.215 e. The van der Waals surface area contributed by atoms with Crippen LogP contribution in [0.4, 0.5) is 0 Å². The first-order chi connectivity index (χ1) is 7.29. The van der Waals surface area contributed by atoms with Crippen molar-refractivity contribution in [2.45, 2.75) is 16.7 Å². The number of rotatable bonds is 3. The van der Waals surface area contributed by atoms with Gasteiger partial charge in [-0.15, -0.1) is 5.10 Å². The van der Waals surface area contributed by atoms with Crippen molar-refractivity contribution in [2.24, 2.45) is 12.8 Å². The van der Waals surface area contributed by atoms with E-state index in [1.165, 1.54) is 11.8 Å². The number of aryl methyl sites for hydroxylation is 1. The highest BCUT2D eigenvalue weighted by Gasteiger charge is 2.05. The van der Waals surface area contributed by atoms with E-state index < -0.39 is 0 Å². The fraction of sp³-hybridized carbons (Fsp3) is 0.250. The van der Waals surface area contributed by atoms with E-state index in [1.807, 2.05) is 12.1 Å². The quantitative estimate of drug-likeness (QED) is 0.799. The van der Waals surface area contributed by atoms with Crippen LogP contribution in [0.1, 0.15) is 5.56 Å². The van der Waals surface area contributed by atoms with Crippen molar-refractivity contribution in [3.8, 4) is 0 Å². The van der Waals surface area contributed by atoms with Gasteiger partial charge in [0.05, 0.1) is 0 Å². The lowest BCUT2D eigenvalue weighted by molar-refractivity contribution is 0.664. The summed E-state index contributed by atoms with van der Waals surface area (Å²) in [6.07, 6.45) is 1.73. The Kier molecular flexibility index (Phi) is 2.93. The molecule has 2 aromatic heterocycles. The molecule has 2 aromatic rings. The van der Waals surface area contributed by atoms with Crippen LogP contribution in [0, 0.1) is 0 Å². The number of nitrogens with two attached hydrogens (primary N) is 1. The topological polar surface area (TPSA) is 82.5 Å². The highest BCUT2D eigenvalue weighted by Crippen LogP contribution is 2.22. The van der Waals surface area contributed by atoms with E-state index in [0.29, 0.717) is 11.7 Å². The third-order valence-electron chi connectivity index (χ3n) is 1.81. The van der Waals surface area contributed by atoms with Gasteiger partial charge in [0.15, 0.2) is 0 Å². The largest absolute Gasteiger partial charge is 0.326 e. The molecule has 0 saturated carbocycles. The summed E-state index contributed by atoms with van der Waals surface area (Å²) >= 11 is 1.41. The van der Waals surface area contributed by atoms with Crippen LogP contribution in [0.5, 0.6) is 0 Å². The van der Waals surface area contributed by atoms with Gasteiger partial charge in [-0.25, -0.2) is 9.67 Å². The van der Waals surface area contributed by atoms with Crippen LogP contribution in [0.3, 0.4) is 0 Å². The fourth-order valence-electron chi connectivity index (χ4n) is 1.03. The predicted octanol–water partition coefficient (Wildman–Crippen LogP) is 0.215. The van der Waals surface area contributed by atoms with Gasteiger partial charge < -0.3 is 5.73 Å². The Balaban J connectivity index is 2.21. The lowest BCUT2D eigenvalue weighted by atomic mass is 10.3. The number of pyridine rings is 1. The van der Waals surface area contributed by atoms with Gasteiger partial charge in [-0.1, -0.05) is 0 Å². The third-order valence-corrected chi connectivity index (χ3v) is 2.77. The van der Waals surface area contributed by atoms with Crippen LogP contribution < -0.4 is 5.73 Å². The first-order valence-electron chi connectivity index (χ1n) is 4.35. The maximum absolute atomic E-state index is 5.54. The summed E-state index contributed by atoms with van der Waals surface area (Å²) < 4.78 is 1.60. The molecule has 0 radical (unpaired) electrons. The van der Waals surface area contributed by atoms with Gasteiger partial charge in [-0.2, -0.15) is 0 Å². The van der Waals surface area contributed by atoms with E-state index in [9.17, 15) is 0 Å². The van der Waals surface area contributed by atoms with E-state index in [-0.39, 0.29) is 0 Å². The molecule has 0 aliphatic heterocycles. The summed E-state index contributed by atoms with van der Waals surface area (Å²) in [5.74, 6) is 0. The summed E-state index contributed by atoms with van der Waals surface area (Å²) in [7, 11) is 1.79. The van der Waals surface area contributed by atoms with Crippen molar-refractivity contribution in [2.75, 3.05) is 0 Å². The van der Waals surface area contributed by atoms with Crippen molar-refractivity contribution >= 4 is 11.8 Å². The number of aromatic nitrogens is 5. The lowest BCUT2D eigenvalue weighted by Crippen LogP contribution is -1.97. The summed E-state index contributed by atoms with van der Waals surface area (Å²) in [5, 5.41) is 12.7. The van der Waals surface area contributed by atoms with Crippen molar-refractivity contribution in [1.29, 1.82) is 0 Å². The van der Waals surface area contributed by atoms with Crippen molar-refractivity contribution in [3.63, 3.8) is 0 Å². The molecule has 0 bridgehead atoms. The normalized spacial score (nSPS) is 10.5. The van der Waals surface area contributed by atoms with Gasteiger partial charge in [-0.05, 0) is 39.9 Å². The van der Waals surface area contributed by atoms with Crippen LogP contribution in [0.15, 0.2) is 28.5 Å². The molecular weight excluding hydrogens is 212 g/mol. The molecule has 2 N–H and O–H groups in total. The molecule has 0 unspecified atom stereocenters. The minimum atomic E-state index is 0.507. The average Bonchev–Trinajstić information content (AvgIpc) is 2.65. The second-order valence-corrected chi connectivity index (χ2v) is 3.88. The minimum absolute atomic E-state index is 0.507. The summed E-state index contributed by atoms with van der Waals surface area (Å²) in [4.78, 5) is 4.20. The monoisotopic (exact) mass is 222 g/mol. The third kappa shape index (κ3) is 2.31. The predicted molar refractivity (Wildman–Crippen MR) is 55.0 cm³/mol. The molecule has 0 aromatic carbocycles. The molecule has 2 heterocycles. The molecule has 78 valence electrons. The van der Waals surface area contributed by atoms with Crippen LogP contribution in [0.25, 0.3) is 0 Å². The second kappa shape index (κ2) is 4.37. The molecule has 0 atom stereocenters. The Bertz CT molecular complexity index is 454. The standard InChI is InChI=1S/C8H10N6S/c1-14-8(11-12-13-14)15-7-4-6(5-9)2-3-10-7/h2-4H,5,9H2,1H3. The van der Waals surface area contributed by atoms with Gasteiger partial charge in [0.2, 0.25) is 5.16 Å². The van der Waals surface area contributed by atoms with E-state index >= 15 is 0 Å². The molecule has 7 heteroatoms. The molecule has 6 nitrogen and oxygen atoms in total. The van der Waals surface area contributed by atoms with Crippen molar-refractivity contribution in [1.82, 2.24) is 25.2 Å². The molecule has 0 saturated heterocycles. The van der Waals surface area contributed by atoms with Gasteiger partial charge in [0, 0.05) is 19.8 Å². The number of tetrazole rings is 1. The van der Waals surface area contributed by atoms with Crippen LogP contribution in [-0.2, 0) is 13.6 Å². The lowest BCUT2D eigenvalue weighted by Gasteiger charge is -2.00. The Hall–Kier alpha value is -1.47. The maximum Gasteiger partial charge on any atom is 0.215 e. The van der Waals surface area contributed by atoms with E-state index in [1.54, 1.807) is 17.9 Å². The van der Waals surface area contributed by atoms with Crippen LogP contribution in [0.2, 0.25) is 0 Å². The maximum atomic E-state index is 5.54. The average molecular weight is 222 g/mol. The Morgan fingerprint density at radius 1 is 1.53 bits per heavy atom. The molecule has 0 amide bonds. The Morgan fingerprint density at radius 3 is 3.07 bits per heavy atom. The zero-order chi connectivity index (χ0) is 10.7. The van der Waals surface area contributed by atoms with Crippen LogP contribution in [-0.4, -0.2) is 25.2 Å². The van der Waals surface area contributed by atoms with Crippen molar-refractivity contribution in [3.05, 3.63) is 23.9 Å². The molecule has 0 spiro atoms. The molecular formula is C8H10N6S. The van der Waals surface area contributed by atoms with E-state index in [2.05, 4.69) is 20.5 Å². The summed E-state index contributed by atoms with van der Waals surface area (Å²) in [5.41, 5.74) is 6.58. The summed E-state index contributed by atoms with van der Waals surface area (Å²) in [6.45, 7) is 0.507. The van der Waals surface area contributed by atoms with Crippen molar-refractivity contribution < 1.29 is 0 Å². The molecule has 2 rings (SSSR count). The molecule has 0 aliphatic rings. The van der Waals surface area contributed by atoms with Gasteiger partial charge in [0.25, 0.3) is 0 Å². The summed E-state index contributed by atoms with van der Waals surface area (Å²) in [6, 6.07) is 3.82.